The predicted molar refractivity (Wildman–Crippen MR) is 145 cm³/mol. The molecule has 184 valence electrons. The van der Waals surface area contributed by atoms with Crippen LogP contribution in [0.15, 0.2) is 97.1 Å². The van der Waals surface area contributed by atoms with E-state index in [4.69, 9.17) is 11.6 Å². The fourth-order valence-corrected chi connectivity index (χ4v) is 6.14. The maximum Gasteiger partial charge on any atom is 0.260 e. The normalized spacial score (nSPS) is 11.5. The summed E-state index contributed by atoms with van der Waals surface area (Å²) in [6.07, 6.45) is 4.69. The minimum absolute atomic E-state index is 0.0775. The molecule has 36 heavy (non-hydrogen) atoms. The number of pyridine rings is 1. The third-order valence-corrected chi connectivity index (χ3v) is 8.39. The molecule has 0 spiro atoms. The Bertz CT molecular complexity index is 1490. The Morgan fingerprint density at radius 2 is 1.75 bits per heavy atom. The number of aromatic nitrogens is 2. The number of thiazole rings is 1. The molecule has 1 amide bonds. The molecular weight excluding hydrogens is 516 g/mol. The topological polar surface area (TPSA) is 83.5 Å². The number of nitrogens with zero attached hydrogens (tertiary/aromatic N) is 4. The van der Waals surface area contributed by atoms with E-state index in [9.17, 15) is 13.2 Å². The molecule has 2 heterocycles. The van der Waals surface area contributed by atoms with Gasteiger partial charge in [0, 0.05) is 29.9 Å². The fraction of sp³-hybridized carbons (Fsp3) is 0.115. The average Bonchev–Trinajstić information content (AvgIpc) is 3.30. The Hall–Kier alpha value is -3.37. The van der Waals surface area contributed by atoms with Crippen molar-refractivity contribution in [3.8, 4) is 0 Å². The van der Waals surface area contributed by atoms with E-state index in [1.807, 2.05) is 12.1 Å². The van der Waals surface area contributed by atoms with E-state index in [0.29, 0.717) is 21.4 Å². The lowest BCUT2D eigenvalue weighted by molar-refractivity contribution is 0.0984. The molecule has 2 aromatic carbocycles. The summed E-state index contributed by atoms with van der Waals surface area (Å²) >= 11 is 7.48. The van der Waals surface area contributed by atoms with Crippen LogP contribution in [0.1, 0.15) is 16.1 Å². The van der Waals surface area contributed by atoms with Crippen molar-refractivity contribution in [3.05, 3.63) is 108 Å². The highest BCUT2D eigenvalue weighted by atomic mass is 35.5. The SMILES string of the molecule is C=CCN(CC=C)S(=O)(=O)c1ccc(C(=O)N(Cc2ccccn2)c2nc3ccc(Cl)cc3s2)cc1. The van der Waals surface area contributed by atoms with E-state index in [2.05, 4.69) is 23.1 Å². The lowest BCUT2D eigenvalue weighted by Gasteiger charge is -2.21. The van der Waals surface area contributed by atoms with E-state index < -0.39 is 10.0 Å². The number of carbonyl (C=O) groups is 1. The first-order valence-corrected chi connectivity index (χ1v) is 13.6. The second-order valence-electron chi connectivity index (χ2n) is 7.74. The zero-order valence-electron chi connectivity index (χ0n) is 19.2. The maximum atomic E-state index is 13.6. The van der Waals surface area contributed by atoms with Gasteiger partial charge in [-0.2, -0.15) is 4.31 Å². The van der Waals surface area contributed by atoms with Gasteiger partial charge in [0.2, 0.25) is 10.0 Å². The first-order chi connectivity index (χ1) is 17.3. The molecule has 0 aliphatic carbocycles. The molecule has 10 heteroatoms. The van der Waals surface area contributed by atoms with E-state index in [1.54, 1.807) is 30.5 Å². The van der Waals surface area contributed by atoms with Crippen LogP contribution in [0.2, 0.25) is 5.02 Å². The highest BCUT2D eigenvalue weighted by Crippen LogP contribution is 2.32. The number of hydrogen-bond acceptors (Lipinski definition) is 6. The molecule has 0 N–H and O–H groups in total. The second kappa shape index (κ2) is 11.1. The number of anilines is 1. The molecule has 2 aromatic heterocycles. The van der Waals surface area contributed by atoms with Crippen molar-refractivity contribution in [1.82, 2.24) is 14.3 Å². The third-order valence-electron chi connectivity index (χ3n) is 5.27. The zero-order chi connectivity index (χ0) is 25.7. The van der Waals surface area contributed by atoms with Crippen molar-refractivity contribution in [1.29, 1.82) is 0 Å². The minimum atomic E-state index is -3.78. The molecule has 4 aromatic rings. The quantitative estimate of drug-likeness (QED) is 0.247. The fourth-order valence-electron chi connectivity index (χ4n) is 3.51. The molecule has 0 aliphatic rings. The van der Waals surface area contributed by atoms with Gasteiger partial charge in [0.1, 0.15) is 0 Å². The van der Waals surface area contributed by atoms with Crippen LogP contribution in [0, 0.1) is 0 Å². The van der Waals surface area contributed by atoms with Crippen molar-refractivity contribution < 1.29 is 13.2 Å². The number of rotatable bonds is 10. The summed E-state index contributed by atoms with van der Waals surface area (Å²) in [5, 5.41) is 1.07. The van der Waals surface area contributed by atoms with Crippen LogP contribution in [0.25, 0.3) is 10.2 Å². The Labute approximate surface area is 219 Å². The van der Waals surface area contributed by atoms with Crippen molar-refractivity contribution in [2.45, 2.75) is 11.4 Å². The van der Waals surface area contributed by atoms with Gasteiger partial charge in [0.25, 0.3) is 5.91 Å². The van der Waals surface area contributed by atoms with Crippen LogP contribution >= 0.6 is 22.9 Å². The predicted octanol–water partition coefficient (Wildman–Crippen LogP) is 5.55. The van der Waals surface area contributed by atoms with Crippen molar-refractivity contribution in [2.24, 2.45) is 0 Å². The van der Waals surface area contributed by atoms with Gasteiger partial charge in [-0.1, -0.05) is 41.2 Å². The summed E-state index contributed by atoms with van der Waals surface area (Å²) in [6, 6.07) is 16.7. The lowest BCUT2D eigenvalue weighted by Crippen LogP contribution is -2.32. The molecule has 0 saturated carbocycles. The van der Waals surface area contributed by atoms with Gasteiger partial charge < -0.3 is 0 Å². The van der Waals surface area contributed by atoms with Crippen LogP contribution in [0.3, 0.4) is 0 Å². The number of sulfonamides is 1. The van der Waals surface area contributed by atoms with E-state index in [1.165, 1.54) is 57.0 Å². The number of carbonyl (C=O) groups excluding carboxylic acids is 1. The lowest BCUT2D eigenvalue weighted by atomic mass is 10.2. The summed E-state index contributed by atoms with van der Waals surface area (Å²) in [5.41, 5.74) is 1.73. The summed E-state index contributed by atoms with van der Waals surface area (Å²) in [6.45, 7) is 7.73. The molecule has 0 radical (unpaired) electrons. The Kier molecular flexibility index (Phi) is 7.95. The van der Waals surface area contributed by atoms with Crippen LogP contribution < -0.4 is 4.90 Å². The monoisotopic (exact) mass is 538 g/mol. The number of hydrogen-bond donors (Lipinski definition) is 0. The Morgan fingerprint density at radius 1 is 1.03 bits per heavy atom. The molecule has 0 unspecified atom stereocenters. The van der Waals surface area contributed by atoms with Gasteiger partial charge in [-0.25, -0.2) is 13.4 Å². The van der Waals surface area contributed by atoms with Crippen molar-refractivity contribution in [2.75, 3.05) is 18.0 Å². The number of halogens is 1. The minimum Gasteiger partial charge on any atom is -0.278 e. The van der Waals surface area contributed by atoms with Crippen molar-refractivity contribution in [3.63, 3.8) is 0 Å². The second-order valence-corrected chi connectivity index (χ2v) is 11.1. The molecule has 7 nitrogen and oxygen atoms in total. The largest absolute Gasteiger partial charge is 0.278 e. The molecule has 0 fully saturated rings. The summed E-state index contributed by atoms with van der Waals surface area (Å²) in [7, 11) is -3.78. The van der Waals surface area contributed by atoms with Gasteiger partial charge in [-0.15, -0.1) is 13.2 Å². The van der Waals surface area contributed by atoms with Crippen molar-refractivity contribution >= 4 is 54.2 Å². The highest BCUT2D eigenvalue weighted by molar-refractivity contribution is 7.89. The molecule has 4 rings (SSSR count). The Balaban J connectivity index is 1.68. The van der Waals surface area contributed by atoms with Crippen LogP contribution in [-0.4, -0.2) is 41.7 Å². The molecule has 0 saturated heterocycles. The first kappa shape index (κ1) is 25.7. The third kappa shape index (κ3) is 5.55. The van der Waals surface area contributed by atoms with Crippen LogP contribution in [0.4, 0.5) is 5.13 Å². The maximum absolute atomic E-state index is 13.6. The smallest absolute Gasteiger partial charge is 0.260 e. The molecule has 0 aliphatic heterocycles. The zero-order valence-corrected chi connectivity index (χ0v) is 21.6. The van der Waals surface area contributed by atoms with Gasteiger partial charge >= 0.3 is 0 Å². The number of amides is 1. The Morgan fingerprint density at radius 3 is 2.39 bits per heavy atom. The first-order valence-electron chi connectivity index (χ1n) is 10.9. The van der Waals surface area contributed by atoms with E-state index in [-0.39, 0.29) is 30.4 Å². The van der Waals surface area contributed by atoms with E-state index >= 15 is 0 Å². The summed E-state index contributed by atoms with van der Waals surface area (Å²) in [4.78, 5) is 24.2. The number of fused-ring (bicyclic) bond motifs is 1. The molecule has 0 atom stereocenters. The van der Waals surface area contributed by atoms with Gasteiger partial charge in [0.15, 0.2) is 5.13 Å². The standard InChI is InChI=1S/C26H23ClN4O3S2/c1-3-15-30(16-4-2)36(33,34)22-11-8-19(9-12-22)25(32)31(18-21-7-5-6-14-28-21)26-29-23-13-10-20(27)17-24(23)35-26/h3-14,17H,1-2,15-16,18H2. The van der Waals surface area contributed by atoms with E-state index in [0.717, 1.165) is 10.2 Å². The summed E-state index contributed by atoms with van der Waals surface area (Å²) < 4.78 is 28.2. The average molecular weight is 539 g/mol. The highest BCUT2D eigenvalue weighted by Gasteiger charge is 2.25. The van der Waals surface area contributed by atoms with Gasteiger partial charge in [0.05, 0.1) is 27.4 Å². The van der Waals surface area contributed by atoms with Crippen LogP contribution in [0.5, 0.6) is 0 Å². The molecule has 0 bridgehead atoms. The summed E-state index contributed by atoms with van der Waals surface area (Å²) in [5.74, 6) is -0.330. The van der Waals surface area contributed by atoms with Gasteiger partial charge in [-0.05, 0) is 54.6 Å². The van der Waals surface area contributed by atoms with Gasteiger partial charge in [-0.3, -0.25) is 14.7 Å². The number of benzene rings is 2. The molecular formula is C26H23ClN4O3S2. The van der Waals surface area contributed by atoms with Crippen LogP contribution in [-0.2, 0) is 16.6 Å².